The van der Waals surface area contributed by atoms with E-state index in [1.54, 1.807) is 16.7 Å². The summed E-state index contributed by atoms with van der Waals surface area (Å²) in [5.74, 6) is 0.0722. The second-order valence-corrected chi connectivity index (χ2v) is 8.10. The van der Waals surface area contributed by atoms with E-state index in [-0.39, 0.29) is 5.76 Å². The van der Waals surface area contributed by atoms with Gasteiger partial charge in [0.15, 0.2) is 17.4 Å². The molecule has 2 heterocycles. The fourth-order valence-corrected chi connectivity index (χ4v) is 3.79. The van der Waals surface area contributed by atoms with Crippen molar-refractivity contribution in [1.82, 2.24) is 0 Å². The summed E-state index contributed by atoms with van der Waals surface area (Å²) in [5.41, 5.74) is 2.38. The van der Waals surface area contributed by atoms with Gasteiger partial charge in [-0.3, -0.25) is 0 Å². The number of nitrogens with zero attached hydrogens (tertiary/aromatic N) is 2. The lowest BCUT2D eigenvalue weighted by Crippen LogP contribution is -2.38. The van der Waals surface area contributed by atoms with Crippen LogP contribution in [0.15, 0.2) is 67.0 Å². The number of para-hydroxylation sites is 1. The van der Waals surface area contributed by atoms with Crippen molar-refractivity contribution in [2.45, 2.75) is 0 Å². The molecule has 3 rings (SSSR count). The Bertz CT molecular complexity index is 966. The fraction of sp³-hybridized carbons (Fsp3) is 0.100. The highest BCUT2D eigenvalue weighted by molar-refractivity contribution is 7.81. The molecule has 0 fully saturated rings. The minimum Gasteiger partial charge on any atom is -0.501 e. The maximum absolute atomic E-state index is 10.9. The normalized spacial score (nSPS) is 11.7. The minimum absolute atomic E-state index is 0.0722. The first kappa shape index (κ1) is 19.4. The van der Waals surface area contributed by atoms with E-state index >= 15 is 0 Å². The van der Waals surface area contributed by atoms with E-state index in [4.69, 9.17) is 23.8 Å². The maximum atomic E-state index is 10.9. The molecule has 2 N–H and O–H groups in total. The van der Waals surface area contributed by atoms with Crippen LogP contribution in [0.5, 0.6) is 0 Å². The van der Waals surface area contributed by atoms with Crippen LogP contribution in [0.25, 0.3) is 11.5 Å². The predicted octanol–water partition coefficient (Wildman–Crippen LogP) is 5.08. The van der Waals surface area contributed by atoms with Crippen LogP contribution in [0.1, 0.15) is 4.88 Å². The number of anilines is 2. The number of thiocarbonyl (C=S) groups is 1. The molecule has 0 unspecified atom stereocenters. The summed E-state index contributed by atoms with van der Waals surface area (Å²) in [5, 5.41) is 14.1. The Morgan fingerprint density at radius 2 is 1.74 bits per heavy atom. The summed E-state index contributed by atoms with van der Waals surface area (Å²) in [7, 11) is 3.95. The number of benzene rings is 1. The van der Waals surface area contributed by atoms with Gasteiger partial charge in [-0.05, 0) is 24.3 Å². The number of rotatable bonds is 5. The zero-order chi connectivity index (χ0) is 19.4. The van der Waals surface area contributed by atoms with Gasteiger partial charge in [-0.25, -0.2) is 0 Å². The van der Waals surface area contributed by atoms with E-state index in [2.05, 4.69) is 5.32 Å². The lowest BCUT2D eigenvalue weighted by atomic mass is 10.2. The lowest BCUT2D eigenvalue weighted by molar-refractivity contribution is -0.575. The molecule has 138 valence electrons. The summed E-state index contributed by atoms with van der Waals surface area (Å²) in [6.07, 6.45) is 3.74. The topological polar surface area (TPSA) is 39.4 Å². The third-order valence-corrected chi connectivity index (χ3v) is 5.40. The van der Waals surface area contributed by atoms with Crippen LogP contribution in [0.2, 0.25) is 4.34 Å². The smallest absolute Gasteiger partial charge is 0.289 e. The van der Waals surface area contributed by atoms with Gasteiger partial charge in [-0.1, -0.05) is 42.0 Å². The van der Waals surface area contributed by atoms with Crippen LogP contribution in [-0.2, 0) is 0 Å². The SMILES string of the molecule is CN(C)c1cc[n+](/C(C(=S)Nc2ccccc2)=C(\O)c2ccc(Cl)s2)cc1. The molecule has 27 heavy (non-hydrogen) atoms. The number of halogens is 1. The zero-order valence-electron chi connectivity index (χ0n) is 14.9. The molecule has 0 aliphatic carbocycles. The Hall–Kier alpha value is -2.41. The summed E-state index contributed by atoms with van der Waals surface area (Å²) in [6.45, 7) is 0. The molecule has 0 saturated carbocycles. The maximum Gasteiger partial charge on any atom is 0.289 e. The molecular formula is C20H19ClN3OS2+. The number of nitrogens with one attached hydrogen (secondary N) is 1. The van der Waals surface area contributed by atoms with Crippen LogP contribution < -0.4 is 14.8 Å². The molecule has 0 spiro atoms. The molecule has 0 saturated heterocycles. The van der Waals surface area contributed by atoms with E-state index in [1.165, 1.54) is 11.3 Å². The van der Waals surface area contributed by atoms with Gasteiger partial charge in [-0.15, -0.1) is 11.3 Å². The van der Waals surface area contributed by atoms with Gasteiger partial charge in [0.1, 0.15) is 0 Å². The molecule has 0 amide bonds. The molecule has 0 radical (unpaired) electrons. The van der Waals surface area contributed by atoms with Gasteiger partial charge >= 0.3 is 0 Å². The molecule has 0 bridgehead atoms. The van der Waals surface area contributed by atoms with Crippen LogP contribution >= 0.6 is 35.2 Å². The molecule has 4 nitrogen and oxygen atoms in total. The van der Waals surface area contributed by atoms with Crippen LogP contribution in [-0.4, -0.2) is 24.2 Å². The van der Waals surface area contributed by atoms with Gasteiger partial charge in [0.2, 0.25) is 5.76 Å². The van der Waals surface area contributed by atoms with Gasteiger partial charge in [-0.2, -0.15) is 4.57 Å². The second kappa shape index (κ2) is 8.52. The average Bonchev–Trinajstić information content (AvgIpc) is 3.09. The monoisotopic (exact) mass is 416 g/mol. The summed E-state index contributed by atoms with van der Waals surface area (Å²) in [4.78, 5) is 3.06. The Morgan fingerprint density at radius 3 is 2.30 bits per heavy atom. The van der Waals surface area contributed by atoms with Crippen molar-refractivity contribution in [3.8, 4) is 0 Å². The average molecular weight is 417 g/mol. The largest absolute Gasteiger partial charge is 0.501 e. The van der Waals surface area contributed by atoms with Crippen LogP contribution in [0, 0.1) is 0 Å². The summed E-state index contributed by atoms with van der Waals surface area (Å²) < 4.78 is 2.40. The number of thiophene rings is 1. The highest BCUT2D eigenvalue weighted by Gasteiger charge is 2.25. The Kier molecular flexibility index (Phi) is 6.11. The first-order chi connectivity index (χ1) is 13.0. The Balaban J connectivity index is 2.04. The van der Waals surface area contributed by atoms with E-state index < -0.39 is 0 Å². The first-order valence-electron chi connectivity index (χ1n) is 8.20. The quantitative estimate of drug-likeness (QED) is 0.263. The molecule has 0 aliphatic heterocycles. The molecule has 3 aromatic rings. The van der Waals surface area contributed by atoms with Crippen molar-refractivity contribution in [3.63, 3.8) is 0 Å². The molecular weight excluding hydrogens is 398 g/mol. The van der Waals surface area contributed by atoms with E-state index in [1.807, 2.05) is 73.9 Å². The number of pyridine rings is 1. The Labute approximate surface area is 173 Å². The van der Waals surface area contributed by atoms with E-state index in [9.17, 15) is 5.11 Å². The number of aliphatic hydroxyl groups excluding tert-OH is 1. The predicted molar refractivity (Wildman–Crippen MR) is 119 cm³/mol. The zero-order valence-corrected chi connectivity index (χ0v) is 17.3. The van der Waals surface area contributed by atoms with Gasteiger partial charge in [0, 0.05) is 37.6 Å². The standard InChI is InChI=1S/C20H18ClN3OS2/c1-23(2)15-10-12-24(13-11-15)18(19(25)16-8-9-17(21)27-16)20(26)22-14-6-4-3-5-7-14/h3-13H,1-2H3,(H-,22,25,26)/p+1. The van der Waals surface area contributed by atoms with E-state index in [0.717, 1.165) is 11.4 Å². The fourth-order valence-electron chi connectivity index (χ4n) is 2.48. The van der Waals surface area contributed by atoms with Gasteiger partial charge in [0.25, 0.3) is 5.70 Å². The number of hydrogen-bond acceptors (Lipinski definition) is 4. The molecule has 7 heteroatoms. The summed E-state index contributed by atoms with van der Waals surface area (Å²) >= 11 is 13.0. The first-order valence-corrected chi connectivity index (χ1v) is 9.80. The van der Waals surface area contributed by atoms with Crippen molar-refractivity contribution in [2.75, 3.05) is 24.3 Å². The molecule has 0 aliphatic rings. The Morgan fingerprint density at radius 1 is 1.07 bits per heavy atom. The number of hydrogen-bond donors (Lipinski definition) is 2. The number of aliphatic hydroxyl groups is 1. The van der Waals surface area contributed by atoms with E-state index in [0.29, 0.717) is 19.9 Å². The van der Waals surface area contributed by atoms with Gasteiger partial charge < -0.3 is 15.3 Å². The van der Waals surface area contributed by atoms with Crippen molar-refractivity contribution in [2.24, 2.45) is 0 Å². The highest BCUT2D eigenvalue weighted by Crippen LogP contribution is 2.29. The second-order valence-electron chi connectivity index (χ2n) is 5.98. The molecule has 2 aromatic heterocycles. The lowest BCUT2D eigenvalue weighted by Gasteiger charge is -2.12. The molecule has 0 atom stereocenters. The molecule has 1 aromatic carbocycles. The summed E-state index contributed by atoms with van der Waals surface area (Å²) in [6, 6.07) is 17.1. The van der Waals surface area contributed by atoms with Crippen LogP contribution in [0.3, 0.4) is 0 Å². The van der Waals surface area contributed by atoms with Crippen molar-refractivity contribution in [1.29, 1.82) is 0 Å². The van der Waals surface area contributed by atoms with Crippen molar-refractivity contribution < 1.29 is 9.67 Å². The van der Waals surface area contributed by atoms with Gasteiger partial charge in [0.05, 0.1) is 9.21 Å². The highest BCUT2D eigenvalue weighted by atomic mass is 35.5. The van der Waals surface area contributed by atoms with Crippen LogP contribution in [0.4, 0.5) is 11.4 Å². The minimum atomic E-state index is 0.0722. The van der Waals surface area contributed by atoms with Crippen molar-refractivity contribution in [3.05, 3.63) is 76.2 Å². The van der Waals surface area contributed by atoms with Crippen molar-refractivity contribution >= 4 is 63.0 Å². The third kappa shape index (κ3) is 4.66. The third-order valence-electron chi connectivity index (χ3n) is 3.86. The number of aromatic nitrogens is 1.